The Morgan fingerprint density at radius 3 is 2.65 bits per heavy atom. The van der Waals surface area contributed by atoms with Gasteiger partial charge in [0.1, 0.15) is 0 Å². The standard InChI is InChI=1S/C20H29N3O3/c1-25-18-14-23(19(18)16-3-2-8-21-13-16)17-4-9-22(10-5-17)20(24)15-6-11-26-12-7-15/h2-3,8,13,15,17-19H,4-7,9-12,14H2,1H3/t18-,19-/m0/s1. The maximum absolute atomic E-state index is 12.7. The zero-order valence-electron chi connectivity index (χ0n) is 15.5. The summed E-state index contributed by atoms with van der Waals surface area (Å²) in [7, 11) is 1.79. The summed E-state index contributed by atoms with van der Waals surface area (Å²) in [5.74, 6) is 0.513. The minimum Gasteiger partial charge on any atom is -0.381 e. The Labute approximate surface area is 155 Å². The zero-order chi connectivity index (χ0) is 17.9. The number of amides is 1. The van der Waals surface area contributed by atoms with Crippen LogP contribution in [0.4, 0.5) is 0 Å². The molecule has 4 heterocycles. The molecule has 0 saturated carbocycles. The van der Waals surface area contributed by atoms with Crippen LogP contribution in [0, 0.1) is 5.92 Å². The Kier molecular flexibility index (Phi) is 5.52. The molecule has 6 heteroatoms. The minimum atomic E-state index is 0.172. The fourth-order valence-corrected chi connectivity index (χ4v) is 4.65. The summed E-state index contributed by atoms with van der Waals surface area (Å²) >= 11 is 0. The van der Waals surface area contributed by atoms with Crippen molar-refractivity contribution in [3.63, 3.8) is 0 Å². The number of ether oxygens (including phenoxy) is 2. The first-order chi connectivity index (χ1) is 12.8. The van der Waals surface area contributed by atoms with E-state index < -0.39 is 0 Å². The second kappa shape index (κ2) is 8.03. The van der Waals surface area contributed by atoms with Gasteiger partial charge in [-0.05, 0) is 37.3 Å². The van der Waals surface area contributed by atoms with Crippen molar-refractivity contribution in [2.24, 2.45) is 5.92 Å². The first kappa shape index (κ1) is 17.9. The molecule has 0 radical (unpaired) electrons. The van der Waals surface area contributed by atoms with Crippen molar-refractivity contribution < 1.29 is 14.3 Å². The van der Waals surface area contributed by atoms with Crippen LogP contribution in [0.2, 0.25) is 0 Å². The van der Waals surface area contributed by atoms with Crippen LogP contribution in [-0.4, -0.2) is 72.8 Å². The number of pyridine rings is 1. The number of aromatic nitrogens is 1. The Balaban J connectivity index is 1.35. The van der Waals surface area contributed by atoms with E-state index in [1.54, 1.807) is 7.11 Å². The number of carbonyl (C=O) groups is 1. The first-order valence-corrected chi connectivity index (χ1v) is 9.83. The van der Waals surface area contributed by atoms with Crippen LogP contribution < -0.4 is 0 Å². The van der Waals surface area contributed by atoms with E-state index in [0.717, 1.165) is 58.5 Å². The van der Waals surface area contributed by atoms with Gasteiger partial charge in [-0.3, -0.25) is 14.7 Å². The number of carbonyl (C=O) groups excluding carboxylic acids is 1. The Morgan fingerprint density at radius 2 is 2.00 bits per heavy atom. The van der Waals surface area contributed by atoms with E-state index >= 15 is 0 Å². The monoisotopic (exact) mass is 359 g/mol. The average Bonchev–Trinajstić information content (AvgIpc) is 2.69. The predicted octanol–water partition coefficient (Wildman–Crippen LogP) is 1.87. The molecule has 4 rings (SSSR count). The van der Waals surface area contributed by atoms with Crippen LogP contribution in [0.1, 0.15) is 37.3 Å². The number of piperidine rings is 1. The van der Waals surface area contributed by atoms with Crippen LogP contribution in [0.5, 0.6) is 0 Å². The second-order valence-electron chi connectivity index (χ2n) is 7.65. The molecule has 1 aromatic rings. The maximum Gasteiger partial charge on any atom is 0.225 e. The first-order valence-electron chi connectivity index (χ1n) is 9.83. The summed E-state index contributed by atoms with van der Waals surface area (Å²) in [6.45, 7) is 4.16. The normalized spacial score (nSPS) is 28.7. The highest BCUT2D eigenvalue weighted by molar-refractivity contribution is 5.79. The van der Waals surface area contributed by atoms with E-state index in [-0.39, 0.29) is 18.1 Å². The summed E-state index contributed by atoms with van der Waals surface area (Å²) in [6, 6.07) is 4.94. The molecule has 0 aliphatic carbocycles. The largest absolute Gasteiger partial charge is 0.381 e. The molecular weight excluding hydrogens is 330 g/mol. The van der Waals surface area contributed by atoms with E-state index in [0.29, 0.717) is 11.9 Å². The van der Waals surface area contributed by atoms with E-state index in [4.69, 9.17) is 9.47 Å². The van der Waals surface area contributed by atoms with Gasteiger partial charge in [-0.25, -0.2) is 0 Å². The average molecular weight is 359 g/mol. The third-order valence-electron chi connectivity index (χ3n) is 6.24. The van der Waals surface area contributed by atoms with Crippen LogP contribution in [-0.2, 0) is 14.3 Å². The van der Waals surface area contributed by atoms with Crippen LogP contribution in [0.3, 0.4) is 0 Å². The van der Waals surface area contributed by atoms with Crippen molar-refractivity contribution in [3.8, 4) is 0 Å². The van der Waals surface area contributed by atoms with Gasteiger partial charge >= 0.3 is 0 Å². The molecule has 6 nitrogen and oxygen atoms in total. The molecule has 0 N–H and O–H groups in total. The van der Waals surface area contributed by atoms with Gasteiger partial charge in [0.05, 0.1) is 12.1 Å². The van der Waals surface area contributed by atoms with Crippen molar-refractivity contribution in [1.82, 2.24) is 14.8 Å². The van der Waals surface area contributed by atoms with E-state index in [2.05, 4.69) is 20.9 Å². The maximum atomic E-state index is 12.7. The molecule has 1 aromatic heterocycles. The SMILES string of the molecule is CO[C@H]1CN(C2CCN(C(=O)C3CCOCC3)CC2)[C@H]1c1cccnc1. The van der Waals surface area contributed by atoms with E-state index in [1.807, 2.05) is 18.5 Å². The molecule has 3 saturated heterocycles. The van der Waals surface area contributed by atoms with Crippen molar-refractivity contribution >= 4 is 5.91 Å². The van der Waals surface area contributed by atoms with Crippen LogP contribution in [0.15, 0.2) is 24.5 Å². The van der Waals surface area contributed by atoms with Gasteiger partial charge in [0, 0.05) is 64.3 Å². The van der Waals surface area contributed by atoms with Gasteiger partial charge in [-0.2, -0.15) is 0 Å². The van der Waals surface area contributed by atoms with Crippen LogP contribution >= 0.6 is 0 Å². The zero-order valence-corrected chi connectivity index (χ0v) is 15.5. The third-order valence-corrected chi connectivity index (χ3v) is 6.24. The summed E-state index contributed by atoms with van der Waals surface area (Å²) < 4.78 is 11.1. The highest BCUT2D eigenvalue weighted by Crippen LogP contribution is 2.39. The lowest BCUT2D eigenvalue weighted by molar-refractivity contribution is -0.144. The molecule has 3 fully saturated rings. The highest BCUT2D eigenvalue weighted by Gasteiger charge is 2.45. The van der Waals surface area contributed by atoms with Gasteiger partial charge in [0.2, 0.25) is 5.91 Å². The lowest BCUT2D eigenvalue weighted by Gasteiger charge is -2.53. The second-order valence-corrected chi connectivity index (χ2v) is 7.65. The summed E-state index contributed by atoms with van der Waals surface area (Å²) in [4.78, 5) is 21.6. The van der Waals surface area contributed by atoms with Crippen molar-refractivity contribution in [3.05, 3.63) is 30.1 Å². The molecule has 26 heavy (non-hydrogen) atoms. The van der Waals surface area contributed by atoms with E-state index in [9.17, 15) is 4.79 Å². The Morgan fingerprint density at radius 1 is 1.23 bits per heavy atom. The summed E-state index contributed by atoms with van der Waals surface area (Å²) in [6.07, 6.45) is 7.85. The smallest absolute Gasteiger partial charge is 0.225 e. The molecular formula is C20H29N3O3. The van der Waals surface area contributed by atoms with Crippen LogP contribution in [0.25, 0.3) is 0 Å². The topological polar surface area (TPSA) is 54.9 Å². The molecule has 3 aliphatic rings. The lowest BCUT2D eigenvalue weighted by Crippen LogP contribution is -2.60. The van der Waals surface area contributed by atoms with Gasteiger partial charge in [0.25, 0.3) is 0 Å². The van der Waals surface area contributed by atoms with Gasteiger partial charge in [-0.15, -0.1) is 0 Å². The fourth-order valence-electron chi connectivity index (χ4n) is 4.65. The molecule has 0 spiro atoms. The number of methoxy groups -OCH3 is 1. The highest BCUT2D eigenvalue weighted by atomic mass is 16.5. The fraction of sp³-hybridized carbons (Fsp3) is 0.700. The van der Waals surface area contributed by atoms with E-state index in [1.165, 1.54) is 5.56 Å². The summed E-state index contributed by atoms with van der Waals surface area (Å²) in [5.41, 5.74) is 1.23. The number of likely N-dealkylation sites (tertiary alicyclic amines) is 2. The molecule has 2 atom stereocenters. The number of rotatable bonds is 4. The lowest BCUT2D eigenvalue weighted by atomic mass is 9.87. The van der Waals surface area contributed by atoms with Crippen molar-refractivity contribution in [1.29, 1.82) is 0 Å². The molecule has 0 aromatic carbocycles. The van der Waals surface area contributed by atoms with Gasteiger partial charge in [0.15, 0.2) is 0 Å². The Bertz CT molecular complexity index is 598. The molecule has 1 amide bonds. The molecule has 0 bridgehead atoms. The van der Waals surface area contributed by atoms with Crippen molar-refractivity contribution in [2.75, 3.05) is 40.0 Å². The molecule has 142 valence electrons. The summed E-state index contributed by atoms with van der Waals surface area (Å²) in [5, 5.41) is 0. The van der Waals surface area contributed by atoms with Crippen molar-refractivity contribution in [2.45, 2.75) is 43.9 Å². The molecule has 0 unspecified atom stereocenters. The van der Waals surface area contributed by atoms with Gasteiger partial charge in [-0.1, -0.05) is 6.07 Å². The predicted molar refractivity (Wildman–Crippen MR) is 97.6 cm³/mol. The Hall–Kier alpha value is -1.50. The minimum absolute atomic E-state index is 0.172. The quantitative estimate of drug-likeness (QED) is 0.821. The molecule has 3 aliphatic heterocycles. The number of hydrogen-bond donors (Lipinski definition) is 0. The number of hydrogen-bond acceptors (Lipinski definition) is 5. The van der Waals surface area contributed by atoms with Gasteiger partial charge < -0.3 is 14.4 Å². The third kappa shape index (κ3) is 3.50. The number of nitrogens with zero attached hydrogens (tertiary/aromatic N) is 3.